The van der Waals surface area contributed by atoms with E-state index in [9.17, 15) is 0 Å². The van der Waals surface area contributed by atoms with Crippen molar-refractivity contribution in [2.75, 3.05) is 52.4 Å². The standard InChI is InChI=1S/C16H34N4.4ClH/c1-3-17-11-5-7-13-19-15-9-10-16-20-14-8-6-12-18-4-2;;;;/h5,7,9-10,17-20H,3-4,6,8,11-16H2,1-2H3;4*1H/b7-5-,10-9-;;;;. The average Bonchev–Trinajstić information content (AvgIpc) is 2.47. The molecule has 4 N–H and O–H groups in total. The summed E-state index contributed by atoms with van der Waals surface area (Å²) in [4.78, 5) is 0. The summed E-state index contributed by atoms with van der Waals surface area (Å²) < 4.78 is 0. The Kier molecular flexibility index (Phi) is 51.5. The predicted molar refractivity (Wildman–Crippen MR) is 119 cm³/mol. The molecule has 0 aliphatic carbocycles. The molecule has 0 saturated heterocycles. The van der Waals surface area contributed by atoms with E-state index in [0.717, 1.165) is 52.4 Å². The zero-order valence-electron chi connectivity index (χ0n) is 15.0. The fraction of sp³-hybridized carbons (Fsp3) is 0.750. The highest BCUT2D eigenvalue weighted by Gasteiger charge is 1.86. The number of unbranched alkanes of at least 4 members (excludes halogenated alkanes) is 1. The van der Waals surface area contributed by atoms with E-state index in [2.05, 4.69) is 59.4 Å². The van der Waals surface area contributed by atoms with Crippen molar-refractivity contribution in [3.63, 3.8) is 0 Å². The number of hydrogen-bond donors (Lipinski definition) is 4. The molecule has 4 nitrogen and oxygen atoms in total. The van der Waals surface area contributed by atoms with Crippen LogP contribution in [0.3, 0.4) is 0 Å². The van der Waals surface area contributed by atoms with Gasteiger partial charge in [-0.2, -0.15) is 0 Å². The molecule has 0 saturated carbocycles. The van der Waals surface area contributed by atoms with E-state index in [4.69, 9.17) is 0 Å². The number of hydrogen-bond acceptors (Lipinski definition) is 4. The molecule has 8 heteroatoms. The molecule has 150 valence electrons. The van der Waals surface area contributed by atoms with E-state index in [1.165, 1.54) is 12.8 Å². The Bertz CT molecular complexity index is 242. The quantitative estimate of drug-likeness (QED) is 0.239. The molecule has 0 heterocycles. The van der Waals surface area contributed by atoms with E-state index < -0.39 is 0 Å². The van der Waals surface area contributed by atoms with Crippen molar-refractivity contribution in [3.05, 3.63) is 24.3 Å². The molecule has 0 spiro atoms. The summed E-state index contributed by atoms with van der Waals surface area (Å²) in [5, 5.41) is 13.4. The Hall–Kier alpha value is 0.480. The van der Waals surface area contributed by atoms with Crippen LogP contribution in [0.25, 0.3) is 0 Å². The van der Waals surface area contributed by atoms with Gasteiger partial charge in [-0.25, -0.2) is 0 Å². The lowest BCUT2D eigenvalue weighted by Gasteiger charge is -2.02. The third-order valence-electron chi connectivity index (χ3n) is 2.84. The van der Waals surface area contributed by atoms with E-state index in [1.54, 1.807) is 0 Å². The molecule has 0 bridgehead atoms. The lowest BCUT2D eigenvalue weighted by atomic mass is 10.3. The van der Waals surface area contributed by atoms with Crippen molar-refractivity contribution in [3.8, 4) is 0 Å². The van der Waals surface area contributed by atoms with E-state index in [1.807, 2.05) is 0 Å². The number of nitrogens with one attached hydrogen (secondary N) is 4. The van der Waals surface area contributed by atoms with Crippen LogP contribution < -0.4 is 21.3 Å². The van der Waals surface area contributed by atoms with Crippen molar-refractivity contribution in [2.45, 2.75) is 26.7 Å². The summed E-state index contributed by atoms with van der Waals surface area (Å²) in [6.07, 6.45) is 11.2. The van der Waals surface area contributed by atoms with E-state index in [-0.39, 0.29) is 49.6 Å². The van der Waals surface area contributed by atoms with Gasteiger partial charge in [0.05, 0.1) is 0 Å². The first-order chi connectivity index (χ1) is 9.91. The summed E-state index contributed by atoms with van der Waals surface area (Å²) in [5.74, 6) is 0. The van der Waals surface area contributed by atoms with Gasteiger partial charge in [0.1, 0.15) is 0 Å². The van der Waals surface area contributed by atoms with Gasteiger partial charge in [-0.3, -0.25) is 0 Å². The highest BCUT2D eigenvalue weighted by atomic mass is 35.5. The Labute approximate surface area is 174 Å². The number of rotatable bonds is 15. The van der Waals surface area contributed by atoms with Crippen molar-refractivity contribution in [1.82, 2.24) is 21.3 Å². The maximum Gasteiger partial charge on any atom is 0.0138 e. The normalized spacial score (nSPS) is 9.92. The smallest absolute Gasteiger partial charge is 0.0138 e. The molecule has 0 aliphatic rings. The van der Waals surface area contributed by atoms with Crippen LogP contribution in [0.1, 0.15) is 26.7 Å². The molecule has 0 rings (SSSR count). The van der Waals surface area contributed by atoms with Crippen molar-refractivity contribution < 1.29 is 0 Å². The average molecular weight is 428 g/mol. The highest BCUT2D eigenvalue weighted by molar-refractivity contribution is 5.86. The molecule has 0 amide bonds. The Morgan fingerprint density at radius 1 is 0.500 bits per heavy atom. The Balaban J connectivity index is -0.000000301. The van der Waals surface area contributed by atoms with Crippen LogP contribution in [0.5, 0.6) is 0 Å². The second-order valence-electron chi connectivity index (χ2n) is 4.67. The van der Waals surface area contributed by atoms with Gasteiger partial charge in [-0.15, -0.1) is 49.6 Å². The van der Waals surface area contributed by atoms with Crippen LogP contribution >= 0.6 is 49.6 Å². The van der Waals surface area contributed by atoms with Crippen molar-refractivity contribution in [2.24, 2.45) is 0 Å². The summed E-state index contributed by atoms with van der Waals surface area (Å²) in [7, 11) is 0. The van der Waals surface area contributed by atoms with Gasteiger partial charge in [0.15, 0.2) is 0 Å². The van der Waals surface area contributed by atoms with Crippen molar-refractivity contribution in [1.29, 1.82) is 0 Å². The lowest BCUT2D eigenvalue weighted by molar-refractivity contribution is 0.608. The lowest BCUT2D eigenvalue weighted by Crippen LogP contribution is -2.19. The van der Waals surface area contributed by atoms with Gasteiger partial charge < -0.3 is 21.3 Å². The minimum absolute atomic E-state index is 0. The molecular weight excluding hydrogens is 390 g/mol. The van der Waals surface area contributed by atoms with Gasteiger partial charge in [-0.1, -0.05) is 38.2 Å². The monoisotopic (exact) mass is 426 g/mol. The Morgan fingerprint density at radius 2 is 0.875 bits per heavy atom. The van der Waals surface area contributed by atoms with Gasteiger partial charge in [-0.05, 0) is 39.0 Å². The van der Waals surface area contributed by atoms with Crippen LogP contribution in [0.2, 0.25) is 0 Å². The molecule has 0 unspecified atom stereocenters. The maximum absolute atomic E-state index is 3.42. The topological polar surface area (TPSA) is 48.1 Å². The van der Waals surface area contributed by atoms with E-state index in [0.29, 0.717) is 0 Å². The maximum atomic E-state index is 3.42. The predicted octanol–water partition coefficient (Wildman–Crippen LogP) is 2.96. The third kappa shape index (κ3) is 33.9. The fourth-order valence-corrected chi connectivity index (χ4v) is 1.67. The molecule has 0 aliphatic heterocycles. The van der Waals surface area contributed by atoms with Crippen LogP contribution in [0, 0.1) is 0 Å². The van der Waals surface area contributed by atoms with Gasteiger partial charge in [0.2, 0.25) is 0 Å². The van der Waals surface area contributed by atoms with Crippen LogP contribution in [0.15, 0.2) is 24.3 Å². The number of likely N-dealkylation sites (N-methyl/N-ethyl adjacent to an activating group) is 1. The van der Waals surface area contributed by atoms with E-state index >= 15 is 0 Å². The molecule has 0 aromatic carbocycles. The molecule has 0 aromatic heterocycles. The summed E-state index contributed by atoms with van der Waals surface area (Å²) in [6, 6.07) is 0. The molecule has 0 aromatic rings. The SMILES string of the molecule is CCNC/C=C\CNC/C=C\CNCCCCNCC.Cl.Cl.Cl.Cl. The zero-order chi connectivity index (χ0) is 14.7. The molecule has 0 atom stereocenters. The van der Waals surface area contributed by atoms with Gasteiger partial charge in [0.25, 0.3) is 0 Å². The molecule has 24 heavy (non-hydrogen) atoms. The Morgan fingerprint density at radius 3 is 1.33 bits per heavy atom. The largest absolute Gasteiger partial charge is 0.317 e. The van der Waals surface area contributed by atoms with Crippen molar-refractivity contribution >= 4 is 49.6 Å². The molecule has 0 fully saturated rings. The first-order valence-corrected chi connectivity index (χ1v) is 8.04. The zero-order valence-corrected chi connectivity index (χ0v) is 18.3. The van der Waals surface area contributed by atoms with Gasteiger partial charge in [0, 0.05) is 26.2 Å². The molecular formula is C16H38Cl4N4. The second kappa shape index (κ2) is 34.7. The molecule has 0 radical (unpaired) electrons. The minimum atomic E-state index is 0. The number of halogens is 4. The van der Waals surface area contributed by atoms with Crippen LogP contribution in [-0.2, 0) is 0 Å². The summed E-state index contributed by atoms with van der Waals surface area (Å²) in [5.41, 5.74) is 0. The van der Waals surface area contributed by atoms with Gasteiger partial charge >= 0.3 is 0 Å². The summed E-state index contributed by atoms with van der Waals surface area (Å²) >= 11 is 0. The van der Waals surface area contributed by atoms with Crippen LogP contribution in [0.4, 0.5) is 0 Å². The second-order valence-corrected chi connectivity index (χ2v) is 4.67. The first-order valence-electron chi connectivity index (χ1n) is 8.04. The minimum Gasteiger partial charge on any atom is -0.317 e. The first kappa shape index (κ1) is 35.6. The highest BCUT2D eigenvalue weighted by Crippen LogP contribution is 1.84. The third-order valence-corrected chi connectivity index (χ3v) is 2.84. The fourth-order valence-electron chi connectivity index (χ4n) is 1.67. The summed E-state index contributed by atoms with van der Waals surface area (Å²) in [6.45, 7) is 12.4. The van der Waals surface area contributed by atoms with Crippen LogP contribution in [-0.4, -0.2) is 52.4 Å².